The molecule has 0 atom stereocenters. The van der Waals surface area contributed by atoms with Gasteiger partial charge in [0.15, 0.2) is 5.82 Å². The minimum Gasteiger partial charge on any atom is -0.456 e. The highest BCUT2D eigenvalue weighted by Gasteiger charge is 2.23. The summed E-state index contributed by atoms with van der Waals surface area (Å²) in [5, 5.41) is 5.57. The van der Waals surface area contributed by atoms with Crippen LogP contribution in [0.3, 0.4) is 0 Å². The van der Waals surface area contributed by atoms with Crippen molar-refractivity contribution < 1.29 is 21.9 Å². The molecule has 0 aliphatic carbocycles. The molecule has 0 fully saturated rings. The van der Waals surface area contributed by atoms with Crippen molar-refractivity contribution in [3.63, 3.8) is 0 Å². The van der Waals surface area contributed by atoms with Gasteiger partial charge in [-0.25, -0.2) is 22.2 Å². The first-order chi connectivity index (χ1) is 14.7. The Morgan fingerprint density at radius 1 is 1.13 bits per heavy atom. The molecule has 4 rings (SSSR count). The van der Waals surface area contributed by atoms with Crippen LogP contribution in [0.1, 0.15) is 5.56 Å². The lowest BCUT2D eigenvalue weighted by Crippen LogP contribution is -2.15. The number of ether oxygens (including phenoxy) is 1. The summed E-state index contributed by atoms with van der Waals surface area (Å²) in [6, 6.07) is 7.78. The third-order valence-electron chi connectivity index (χ3n) is 4.45. The Balaban J connectivity index is 1.70. The monoisotopic (exact) mass is 462 g/mol. The van der Waals surface area contributed by atoms with Crippen LogP contribution < -0.4 is 9.46 Å². The summed E-state index contributed by atoms with van der Waals surface area (Å²) in [7, 11) is -2.48. The van der Waals surface area contributed by atoms with Crippen molar-refractivity contribution in [2.75, 3.05) is 4.72 Å². The second kappa shape index (κ2) is 8.08. The number of hydrogen-bond donors (Lipinski definition) is 1. The van der Waals surface area contributed by atoms with Gasteiger partial charge in [0.1, 0.15) is 28.0 Å². The molecule has 0 aliphatic heterocycles. The Labute approximate surface area is 181 Å². The molecule has 0 aliphatic rings. The summed E-state index contributed by atoms with van der Waals surface area (Å²) in [5.41, 5.74) is 2.85. The van der Waals surface area contributed by atoms with Gasteiger partial charge in [-0.2, -0.15) is 5.10 Å². The average Bonchev–Trinajstić information content (AvgIpc) is 3.36. The second-order valence-corrected chi connectivity index (χ2v) is 8.98. The topological polar surface area (TPSA) is 86.1 Å². The van der Waals surface area contributed by atoms with Crippen molar-refractivity contribution in [3.05, 3.63) is 70.7 Å². The van der Waals surface area contributed by atoms with E-state index in [2.05, 4.69) is 14.8 Å². The number of thiazole rings is 1. The summed E-state index contributed by atoms with van der Waals surface area (Å²) >= 11 is 1.20. The van der Waals surface area contributed by atoms with Gasteiger partial charge in [-0.1, -0.05) is 0 Å². The number of benzene rings is 2. The van der Waals surface area contributed by atoms with Crippen LogP contribution in [0.4, 0.5) is 14.6 Å². The number of aryl methyl sites for hydroxylation is 2. The average molecular weight is 463 g/mol. The highest BCUT2D eigenvalue weighted by atomic mass is 32.2. The number of halogens is 2. The van der Waals surface area contributed by atoms with E-state index in [1.807, 2.05) is 0 Å². The van der Waals surface area contributed by atoms with Gasteiger partial charge in [0, 0.05) is 30.3 Å². The molecule has 0 unspecified atom stereocenters. The van der Waals surface area contributed by atoms with Crippen molar-refractivity contribution in [1.29, 1.82) is 0 Å². The molecule has 2 aromatic heterocycles. The van der Waals surface area contributed by atoms with Crippen LogP contribution in [0.2, 0.25) is 0 Å². The van der Waals surface area contributed by atoms with Crippen LogP contribution >= 0.6 is 11.3 Å². The molecule has 2 aromatic carbocycles. The molecule has 0 spiro atoms. The van der Waals surface area contributed by atoms with Gasteiger partial charge in [0.25, 0.3) is 10.0 Å². The quantitative estimate of drug-likeness (QED) is 0.448. The molecule has 31 heavy (non-hydrogen) atoms. The number of sulfonamides is 1. The maximum atomic E-state index is 14.8. The Morgan fingerprint density at radius 3 is 2.61 bits per heavy atom. The lowest BCUT2D eigenvalue weighted by atomic mass is 10.1. The fourth-order valence-corrected chi connectivity index (χ4v) is 4.66. The first-order valence-electron chi connectivity index (χ1n) is 8.91. The van der Waals surface area contributed by atoms with Gasteiger partial charge in [-0.05, 0) is 42.8 Å². The number of anilines is 1. The van der Waals surface area contributed by atoms with Gasteiger partial charge < -0.3 is 4.74 Å². The van der Waals surface area contributed by atoms with Crippen molar-refractivity contribution in [2.45, 2.75) is 11.8 Å². The van der Waals surface area contributed by atoms with Crippen molar-refractivity contribution in [2.24, 2.45) is 7.05 Å². The maximum absolute atomic E-state index is 14.8. The van der Waals surface area contributed by atoms with Crippen molar-refractivity contribution in [3.8, 4) is 22.8 Å². The molecular formula is C20H16F2N4O3S2. The maximum Gasteiger partial charge on any atom is 0.266 e. The third-order valence-corrected chi connectivity index (χ3v) is 6.40. The van der Waals surface area contributed by atoms with Gasteiger partial charge in [-0.15, -0.1) is 11.3 Å². The van der Waals surface area contributed by atoms with E-state index < -0.39 is 26.6 Å². The zero-order valence-electron chi connectivity index (χ0n) is 16.3. The second-order valence-electron chi connectivity index (χ2n) is 6.61. The van der Waals surface area contributed by atoms with Crippen molar-refractivity contribution in [1.82, 2.24) is 14.8 Å². The van der Waals surface area contributed by atoms with Crippen LogP contribution in [-0.4, -0.2) is 23.2 Å². The van der Waals surface area contributed by atoms with Crippen molar-refractivity contribution >= 4 is 27.2 Å². The molecule has 2 heterocycles. The van der Waals surface area contributed by atoms with E-state index in [0.717, 1.165) is 6.07 Å². The number of aromatic nitrogens is 3. The third kappa shape index (κ3) is 4.28. The Kier molecular flexibility index (Phi) is 5.46. The number of nitrogens with zero attached hydrogens (tertiary/aromatic N) is 3. The molecule has 160 valence electrons. The summed E-state index contributed by atoms with van der Waals surface area (Å²) in [5.74, 6) is -0.994. The molecular weight excluding hydrogens is 446 g/mol. The Bertz CT molecular complexity index is 1350. The van der Waals surface area contributed by atoms with E-state index in [9.17, 15) is 17.2 Å². The van der Waals surface area contributed by atoms with Gasteiger partial charge in [0.05, 0.1) is 11.2 Å². The summed E-state index contributed by atoms with van der Waals surface area (Å²) in [6.45, 7) is 1.59. The Morgan fingerprint density at radius 2 is 1.94 bits per heavy atom. The highest BCUT2D eigenvalue weighted by molar-refractivity contribution is 7.92. The molecule has 0 saturated carbocycles. The molecule has 1 N–H and O–H groups in total. The van der Waals surface area contributed by atoms with Gasteiger partial charge >= 0.3 is 0 Å². The van der Waals surface area contributed by atoms with E-state index in [1.54, 1.807) is 30.9 Å². The lowest BCUT2D eigenvalue weighted by Gasteiger charge is -2.15. The predicted molar refractivity (Wildman–Crippen MR) is 113 cm³/mol. The number of nitrogens with one attached hydrogen (secondary N) is 1. The standard InChI is InChI=1S/C20H16F2N4O3S2/c1-12-7-19(31(27,28)25-20-10-30-11-23-20)15(22)9-18(12)29-17-4-3-13(21)8-14(17)16-5-6-24-26(16)2/h3-11,25H,1-2H3. The van der Waals surface area contributed by atoms with Crippen LogP contribution in [0, 0.1) is 18.6 Å². The van der Waals surface area contributed by atoms with Crippen LogP contribution in [-0.2, 0) is 17.1 Å². The van der Waals surface area contributed by atoms with E-state index in [-0.39, 0.29) is 17.3 Å². The zero-order chi connectivity index (χ0) is 22.2. The van der Waals surface area contributed by atoms with Gasteiger partial charge in [0.2, 0.25) is 0 Å². The number of rotatable bonds is 6. The molecule has 4 aromatic rings. The summed E-state index contributed by atoms with van der Waals surface area (Å²) in [6.07, 6.45) is 1.56. The smallest absolute Gasteiger partial charge is 0.266 e. The molecule has 11 heteroatoms. The van der Waals surface area contributed by atoms with E-state index >= 15 is 0 Å². The molecule has 0 saturated heterocycles. The SMILES string of the molecule is Cc1cc(S(=O)(=O)Nc2cscn2)c(F)cc1Oc1ccc(F)cc1-c1ccnn1C. The summed E-state index contributed by atoms with van der Waals surface area (Å²) < 4.78 is 63.4. The zero-order valence-corrected chi connectivity index (χ0v) is 18.0. The fourth-order valence-electron chi connectivity index (χ4n) is 2.96. The van der Waals surface area contributed by atoms with Crippen LogP contribution in [0.25, 0.3) is 11.3 Å². The molecule has 7 nitrogen and oxygen atoms in total. The highest BCUT2D eigenvalue weighted by Crippen LogP contribution is 2.36. The van der Waals surface area contributed by atoms with Crippen LogP contribution in [0.15, 0.2) is 58.4 Å². The lowest BCUT2D eigenvalue weighted by molar-refractivity contribution is 0.469. The molecule has 0 bridgehead atoms. The van der Waals surface area contributed by atoms with E-state index in [0.29, 0.717) is 16.8 Å². The minimum atomic E-state index is -4.18. The fraction of sp³-hybridized carbons (Fsp3) is 0.100. The first-order valence-corrected chi connectivity index (χ1v) is 11.3. The van der Waals surface area contributed by atoms with E-state index in [1.165, 1.54) is 46.5 Å². The number of hydrogen-bond acceptors (Lipinski definition) is 6. The Hall–Kier alpha value is -3.31. The molecule has 0 amide bonds. The normalized spacial score (nSPS) is 11.5. The van der Waals surface area contributed by atoms with E-state index in [4.69, 9.17) is 4.74 Å². The predicted octanol–water partition coefficient (Wildman–Crippen LogP) is 4.72. The first kappa shape index (κ1) is 20.9. The summed E-state index contributed by atoms with van der Waals surface area (Å²) in [4.78, 5) is 3.31. The minimum absolute atomic E-state index is 0.0973. The largest absolute Gasteiger partial charge is 0.456 e. The molecule has 0 radical (unpaired) electrons. The van der Waals surface area contributed by atoms with Gasteiger partial charge in [-0.3, -0.25) is 9.40 Å². The van der Waals surface area contributed by atoms with Crippen LogP contribution in [0.5, 0.6) is 11.5 Å².